The lowest BCUT2D eigenvalue weighted by Crippen LogP contribution is -2.42. The summed E-state index contributed by atoms with van der Waals surface area (Å²) in [5.41, 5.74) is 0.975. The van der Waals surface area contributed by atoms with E-state index >= 15 is 0 Å². The van der Waals surface area contributed by atoms with E-state index in [9.17, 15) is 17.6 Å². The monoisotopic (exact) mass is 475 g/mol. The van der Waals surface area contributed by atoms with Gasteiger partial charge in [-0.3, -0.25) is 4.79 Å². The fourth-order valence-corrected chi connectivity index (χ4v) is 6.32. The van der Waals surface area contributed by atoms with Crippen LogP contribution in [-0.4, -0.2) is 58.0 Å². The number of hydrogen-bond donors (Lipinski definition) is 1. The second kappa shape index (κ2) is 9.79. The molecular formula is C24H30FN3O4S. The van der Waals surface area contributed by atoms with E-state index < -0.39 is 21.7 Å². The first-order chi connectivity index (χ1) is 15.7. The molecule has 0 aromatic heterocycles. The van der Waals surface area contributed by atoms with Gasteiger partial charge in [0.25, 0.3) is 5.91 Å². The number of amides is 1. The Morgan fingerprint density at radius 2 is 1.76 bits per heavy atom. The quantitative estimate of drug-likeness (QED) is 0.715. The number of carbonyl (C=O) groups excluding carboxylic acids is 1. The highest BCUT2D eigenvalue weighted by Gasteiger charge is 2.32. The molecule has 2 atom stereocenters. The fourth-order valence-electron chi connectivity index (χ4n) is 4.60. The summed E-state index contributed by atoms with van der Waals surface area (Å²) in [6.45, 7) is 7.35. The van der Waals surface area contributed by atoms with Gasteiger partial charge < -0.3 is 15.0 Å². The first-order valence-corrected chi connectivity index (χ1v) is 12.7. The molecule has 0 aliphatic carbocycles. The second-order valence-electron chi connectivity index (χ2n) is 9.02. The third-order valence-corrected chi connectivity index (χ3v) is 7.95. The molecule has 0 bridgehead atoms. The van der Waals surface area contributed by atoms with Crippen LogP contribution < -0.4 is 10.2 Å². The number of nitrogens with one attached hydrogen (secondary N) is 1. The zero-order valence-corrected chi connectivity index (χ0v) is 19.8. The molecule has 2 aliphatic rings. The van der Waals surface area contributed by atoms with Gasteiger partial charge in [0.05, 0.1) is 23.8 Å². The van der Waals surface area contributed by atoms with Crippen LogP contribution in [0.2, 0.25) is 0 Å². The SMILES string of the molecule is CC1CC(C)CN(S(=O)(=O)c2cccc(C(=O)Nc3ccc(N4CCOCC4)c(F)c3)c2)C1. The Bertz CT molecular complexity index is 1110. The van der Waals surface area contributed by atoms with Crippen LogP contribution in [0, 0.1) is 17.7 Å². The molecule has 2 unspecified atom stereocenters. The smallest absolute Gasteiger partial charge is 0.255 e. The predicted molar refractivity (Wildman–Crippen MR) is 126 cm³/mol. The van der Waals surface area contributed by atoms with Gasteiger partial charge in [-0.1, -0.05) is 19.9 Å². The summed E-state index contributed by atoms with van der Waals surface area (Å²) >= 11 is 0. The summed E-state index contributed by atoms with van der Waals surface area (Å²) in [6, 6.07) is 10.5. The average molecular weight is 476 g/mol. The molecule has 0 radical (unpaired) electrons. The van der Waals surface area contributed by atoms with Crippen LogP contribution in [0.5, 0.6) is 0 Å². The van der Waals surface area contributed by atoms with Crippen LogP contribution in [0.3, 0.4) is 0 Å². The summed E-state index contributed by atoms with van der Waals surface area (Å²) in [5.74, 6) is -0.360. The molecule has 0 saturated carbocycles. The molecule has 33 heavy (non-hydrogen) atoms. The summed E-state index contributed by atoms with van der Waals surface area (Å²) in [4.78, 5) is 14.8. The molecule has 2 saturated heterocycles. The molecule has 7 nitrogen and oxygen atoms in total. The van der Waals surface area contributed by atoms with E-state index in [0.29, 0.717) is 50.8 Å². The Morgan fingerprint density at radius 3 is 2.42 bits per heavy atom. The maximum Gasteiger partial charge on any atom is 0.255 e. The number of benzene rings is 2. The van der Waals surface area contributed by atoms with Crippen LogP contribution in [0.4, 0.5) is 15.8 Å². The molecule has 178 valence electrons. The standard InChI is InChI=1S/C24H30FN3O4S/c1-17-12-18(2)16-28(15-17)33(30,31)21-5-3-4-19(13-21)24(29)26-20-6-7-23(22(25)14-20)27-8-10-32-11-9-27/h3-7,13-14,17-18H,8-12,15-16H2,1-2H3,(H,26,29). The van der Waals surface area contributed by atoms with Crippen molar-refractivity contribution in [3.05, 3.63) is 53.8 Å². The molecule has 0 spiro atoms. The minimum Gasteiger partial charge on any atom is -0.378 e. The summed E-state index contributed by atoms with van der Waals surface area (Å²) in [6.07, 6.45) is 0.995. The van der Waals surface area contributed by atoms with Crippen molar-refractivity contribution in [1.82, 2.24) is 4.31 Å². The van der Waals surface area contributed by atoms with E-state index in [1.54, 1.807) is 24.3 Å². The van der Waals surface area contributed by atoms with Gasteiger partial charge >= 0.3 is 0 Å². The van der Waals surface area contributed by atoms with E-state index in [-0.39, 0.29) is 22.3 Å². The highest BCUT2D eigenvalue weighted by atomic mass is 32.2. The lowest BCUT2D eigenvalue weighted by molar-refractivity contribution is 0.102. The maximum atomic E-state index is 14.7. The van der Waals surface area contributed by atoms with Gasteiger partial charge in [0.15, 0.2) is 0 Å². The number of hydrogen-bond acceptors (Lipinski definition) is 5. The first-order valence-electron chi connectivity index (χ1n) is 11.3. The molecular weight excluding hydrogens is 445 g/mol. The van der Waals surface area contributed by atoms with Crippen molar-refractivity contribution in [2.75, 3.05) is 49.6 Å². The molecule has 2 fully saturated rings. The third kappa shape index (κ3) is 5.37. The highest BCUT2D eigenvalue weighted by molar-refractivity contribution is 7.89. The van der Waals surface area contributed by atoms with Crippen molar-refractivity contribution in [3.8, 4) is 0 Å². The van der Waals surface area contributed by atoms with E-state index in [1.807, 2.05) is 18.7 Å². The number of rotatable bonds is 5. The van der Waals surface area contributed by atoms with Crippen LogP contribution in [0.1, 0.15) is 30.6 Å². The number of anilines is 2. The number of halogens is 1. The largest absolute Gasteiger partial charge is 0.378 e. The summed E-state index contributed by atoms with van der Waals surface area (Å²) in [7, 11) is -3.70. The lowest BCUT2D eigenvalue weighted by Gasteiger charge is -2.34. The number of nitrogens with zero attached hydrogens (tertiary/aromatic N) is 2. The minimum atomic E-state index is -3.70. The maximum absolute atomic E-state index is 14.7. The molecule has 9 heteroatoms. The second-order valence-corrected chi connectivity index (χ2v) is 11.0. The Labute approximate surface area is 194 Å². The van der Waals surface area contributed by atoms with Crippen LogP contribution in [0.25, 0.3) is 0 Å². The van der Waals surface area contributed by atoms with Gasteiger partial charge in [0.1, 0.15) is 5.82 Å². The van der Waals surface area contributed by atoms with Crippen molar-refractivity contribution >= 4 is 27.3 Å². The highest BCUT2D eigenvalue weighted by Crippen LogP contribution is 2.28. The fraction of sp³-hybridized carbons (Fsp3) is 0.458. The average Bonchev–Trinajstić information content (AvgIpc) is 2.79. The number of morpholine rings is 1. The van der Waals surface area contributed by atoms with Crippen molar-refractivity contribution in [2.45, 2.75) is 25.2 Å². The van der Waals surface area contributed by atoms with Crippen LogP contribution in [0.15, 0.2) is 47.4 Å². The zero-order chi connectivity index (χ0) is 23.6. The van der Waals surface area contributed by atoms with Gasteiger partial charge in [-0.2, -0.15) is 4.31 Å². The topological polar surface area (TPSA) is 79.0 Å². The van der Waals surface area contributed by atoms with Crippen molar-refractivity contribution in [1.29, 1.82) is 0 Å². The first kappa shape index (κ1) is 23.7. The van der Waals surface area contributed by atoms with Gasteiger partial charge in [-0.15, -0.1) is 0 Å². The summed E-state index contributed by atoms with van der Waals surface area (Å²) in [5, 5.41) is 2.67. The summed E-state index contributed by atoms with van der Waals surface area (Å²) < 4.78 is 47.8. The van der Waals surface area contributed by atoms with E-state index in [4.69, 9.17) is 4.74 Å². The molecule has 2 aliphatic heterocycles. The minimum absolute atomic E-state index is 0.0882. The number of carbonyl (C=O) groups is 1. The predicted octanol–water partition coefficient (Wildman–Crippen LogP) is 3.58. The van der Waals surface area contributed by atoms with Crippen molar-refractivity contribution < 1.29 is 22.3 Å². The van der Waals surface area contributed by atoms with Crippen LogP contribution in [-0.2, 0) is 14.8 Å². The number of sulfonamides is 1. The van der Waals surface area contributed by atoms with Crippen LogP contribution >= 0.6 is 0 Å². The number of ether oxygens (including phenoxy) is 1. The Balaban J connectivity index is 1.49. The van der Waals surface area contributed by atoms with Crippen molar-refractivity contribution in [2.24, 2.45) is 11.8 Å². The Morgan fingerprint density at radius 1 is 1.06 bits per heavy atom. The van der Waals surface area contributed by atoms with E-state index in [0.717, 1.165) is 6.42 Å². The third-order valence-electron chi connectivity index (χ3n) is 6.13. The van der Waals surface area contributed by atoms with E-state index in [1.165, 1.54) is 22.5 Å². The Kier molecular flexibility index (Phi) is 7.02. The van der Waals surface area contributed by atoms with Gasteiger partial charge in [-0.25, -0.2) is 12.8 Å². The van der Waals surface area contributed by atoms with Crippen molar-refractivity contribution in [3.63, 3.8) is 0 Å². The molecule has 1 amide bonds. The van der Waals surface area contributed by atoms with Gasteiger partial charge in [0.2, 0.25) is 10.0 Å². The molecule has 4 rings (SSSR count). The zero-order valence-electron chi connectivity index (χ0n) is 19.0. The van der Waals surface area contributed by atoms with E-state index in [2.05, 4.69) is 5.32 Å². The molecule has 1 N–H and O–H groups in total. The Hall–Kier alpha value is -2.49. The normalized spacial score (nSPS) is 22.2. The van der Waals surface area contributed by atoms with Gasteiger partial charge in [-0.05, 0) is 54.7 Å². The molecule has 2 heterocycles. The molecule has 2 aromatic carbocycles. The van der Waals surface area contributed by atoms with Gasteiger partial charge in [0, 0.05) is 37.4 Å². The lowest BCUT2D eigenvalue weighted by atomic mass is 9.94. The molecule has 2 aromatic rings. The number of piperidine rings is 1.